The Hall–Kier alpha value is -2.13. The van der Waals surface area contributed by atoms with Crippen molar-refractivity contribution in [3.63, 3.8) is 0 Å². The second-order valence-electron chi connectivity index (χ2n) is 7.62. The molecule has 30 heavy (non-hydrogen) atoms. The van der Waals surface area contributed by atoms with Crippen LogP contribution in [0.25, 0.3) is 0 Å². The monoisotopic (exact) mass is 520 g/mol. The number of para-hydroxylation sites is 1. The van der Waals surface area contributed by atoms with Gasteiger partial charge in [0.15, 0.2) is 5.96 Å². The number of guanidine groups is 1. The third-order valence-corrected chi connectivity index (χ3v) is 5.72. The van der Waals surface area contributed by atoms with Crippen molar-refractivity contribution < 1.29 is 9.53 Å². The summed E-state index contributed by atoms with van der Waals surface area (Å²) in [4.78, 5) is 16.4. The highest BCUT2D eigenvalue weighted by Crippen LogP contribution is 2.34. The average molecular weight is 520 g/mol. The zero-order chi connectivity index (χ0) is 20.1. The molecule has 7 heteroatoms. The number of rotatable bonds is 5. The predicted octanol–water partition coefficient (Wildman–Crippen LogP) is 3.67. The maximum absolute atomic E-state index is 12.0. The van der Waals surface area contributed by atoms with Crippen LogP contribution in [0.4, 0.5) is 5.69 Å². The summed E-state index contributed by atoms with van der Waals surface area (Å²) in [6.07, 6.45) is 1.63. The zero-order valence-electron chi connectivity index (χ0n) is 17.1. The van der Waals surface area contributed by atoms with Crippen molar-refractivity contribution in [1.29, 1.82) is 0 Å². The lowest BCUT2D eigenvalue weighted by molar-refractivity contribution is -0.116. The Labute approximate surface area is 194 Å². The van der Waals surface area contributed by atoms with Crippen LogP contribution in [0.1, 0.15) is 36.0 Å². The molecular weight excluding hydrogens is 491 g/mol. The number of ether oxygens (including phenoxy) is 1. The largest absolute Gasteiger partial charge is 0.373 e. The molecule has 3 unspecified atom stereocenters. The summed E-state index contributed by atoms with van der Waals surface area (Å²) in [7, 11) is 1.77. The second-order valence-corrected chi connectivity index (χ2v) is 7.62. The first-order valence-corrected chi connectivity index (χ1v) is 10.2. The molecule has 1 fully saturated rings. The standard InChI is InChI=1S/C23H28N4O2.HI/c1-24-23(25-14-17-11-12-29-22(17)16-7-3-2-4-8-16)26-15-18-13-21(28)27-20-10-6-5-9-19(18)20;/h2-10,17-18,22H,11-15H2,1H3,(H,27,28)(H2,24,25,26);1H. The number of carbonyl (C=O) groups excluding carboxylic acids is 1. The number of aliphatic imine (C=N–C) groups is 1. The van der Waals surface area contributed by atoms with Crippen LogP contribution in [0.3, 0.4) is 0 Å². The molecule has 0 aromatic heterocycles. The number of fused-ring (bicyclic) bond motifs is 1. The van der Waals surface area contributed by atoms with E-state index in [0.717, 1.165) is 31.2 Å². The third-order valence-electron chi connectivity index (χ3n) is 5.72. The zero-order valence-corrected chi connectivity index (χ0v) is 19.5. The van der Waals surface area contributed by atoms with Crippen molar-refractivity contribution >= 4 is 41.5 Å². The summed E-state index contributed by atoms with van der Waals surface area (Å²) in [6.45, 7) is 2.24. The van der Waals surface area contributed by atoms with Crippen molar-refractivity contribution in [3.05, 3.63) is 65.7 Å². The van der Waals surface area contributed by atoms with Crippen molar-refractivity contribution in [2.75, 3.05) is 32.1 Å². The highest BCUT2D eigenvalue weighted by Gasteiger charge is 2.30. The van der Waals surface area contributed by atoms with Gasteiger partial charge < -0.3 is 20.7 Å². The van der Waals surface area contributed by atoms with Gasteiger partial charge in [0.1, 0.15) is 0 Å². The van der Waals surface area contributed by atoms with E-state index >= 15 is 0 Å². The first-order valence-electron chi connectivity index (χ1n) is 10.2. The highest BCUT2D eigenvalue weighted by atomic mass is 127. The number of hydrogen-bond donors (Lipinski definition) is 3. The summed E-state index contributed by atoms with van der Waals surface area (Å²) in [5.41, 5.74) is 3.31. The number of carbonyl (C=O) groups is 1. The number of amides is 1. The normalized spacial score (nSPS) is 23.2. The Morgan fingerprint density at radius 1 is 1.10 bits per heavy atom. The van der Waals surface area contributed by atoms with Gasteiger partial charge >= 0.3 is 0 Å². The average Bonchev–Trinajstić information content (AvgIpc) is 3.23. The highest BCUT2D eigenvalue weighted by molar-refractivity contribution is 14.0. The Morgan fingerprint density at radius 3 is 2.63 bits per heavy atom. The van der Waals surface area contributed by atoms with Crippen molar-refractivity contribution in [2.45, 2.75) is 24.9 Å². The van der Waals surface area contributed by atoms with Gasteiger partial charge in [0, 0.05) is 50.7 Å². The maximum Gasteiger partial charge on any atom is 0.225 e. The topological polar surface area (TPSA) is 74.8 Å². The first-order chi connectivity index (χ1) is 14.2. The van der Waals surface area contributed by atoms with Crippen molar-refractivity contribution in [1.82, 2.24) is 10.6 Å². The molecule has 0 saturated carbocycles. The molecule has 2 aliphatic heterocycles. The second kappa shape index (κ2) is 10.8. The van der Waals surface area contributed by atoms with Crippen molar-refractivity contribution in [2.24, 2.45) is 10.9 Å². The minimum atomic E-state index is 0. The molecule has 2 aromatic rings. The molecule has 6 nitrogen and oxygen atoms in total. The van der Waals surface area contributed by atoms with E-state index in [9.17, 15) is 4.79 Å². The van der Waals surface area contributed by atoms with Gasteiger partial charge in [-0.15, -0.1) is 24.0 Å². The van der Waals surface area contributed by atoms with Crippen LogP contribution < -0.4 is 16.0 Å². The molecule has 4 rings (SSSR count). The molecule has 2 aliphatic rings. The molecule has 160 valence electrons. The lowest BCUT2D eigenvalue weighted by Gasteiger charge is -2.27. The molecule has 3 N–H and O–H groups in total. The Bertz CT molecular complexity index is 875. The predicted molar refractivity (Wildman–Crippen MR) is 130 cm³/mol. The van der Waals surface area contributed by atoms with Gasteiger partial charge in [-0.2, -0.15) is 0 Å². The Morgan fingerprint density at radius 2 is 1.83 bits per heavy atom. The van der Waals surface area contributed by atoms with Gasteiger partial charge in [-0.3, -0.25) is 9.79 Å². The summed E-state index contributed by atoms with van der Waals surface area (Å²) >= 11 is 0. The SMILES string of the molecule is CN=C(NCC1CC(=O)Nc2ccccc21)NCC1CCOC1c1ccccc1.I. The molecule has 0 aliphatic carbocycles. The van der Waals surface area contributed by atoms with Crippen LogP contribution in [-0.4, -0.2) is 38.6 Å². The van der Waals surface area contributed by atoms with Gasteiger partial charge in [0.2, 0.25) is 5.91 Å². The van der Waals surface area contributed by atoms with Gasteiger partial charge in [-0.05, 0) is 23.6 Å². The van der Waals surface area contributed by atoms with Crippen LogP contribution in [-0.2, 0) is 9.53 Å². The molecule has 3 atom stereocenters. The smallest absolute Gasteiger partial charge is 0.225 e. The van der Waals surface area contributed by atoms with Gasteiger partial charge in [-0.25, -0.2) is 0 Å². The van der Waals surface area contributed by atoms with E-state index < -0.39 is 0 Å². The molecular formula is C23H29IN4O2. The van der Waals surface area contributed by atoms with Crippen LogP contribution in [0.2, 0.25) is 0 Å². The molecule has 0 bridgehead atoms. The fraction of sp³-hybridized carbons (Fsp3) is 0.391. The van der Waals surface area contributed by atoms with E-state index in [0.29, 0.717) is 18.9 Å². The minimum absolute atomic E-state index is 0. The van der Waals surface area contributed by atoms with Gasteiger partial charge in [0.25, 0.3) is 0 Å². The van der Waals surface area contributed by atoms with E-state index in [4.69, 9.17) is 4.74 Å². The molecule has 0 radical (unpaired) electrons. The Balaban J connectivity index is 0.00000256. The Kier molecular flexibility index (Phi) is 8.09. The summed E-state index contributed by atoms with van der Waals surface area (Å²) in [5, 5.41) is 9.79. The van der Waals surface area contributed by atoms with Gasteiger partial charge in [0.05, 0.1) is 6.10 Å². The number of anilines is 1. The van der Waals surface area contributed by atoms with Gasteiger partial charge in [-0.1, -0.05) is 48.5 Å². The van der Waals surface area contributed by atoms with E-state index in [1.165, 1.54) is 11.1 Å². The molecule has 1 saturated heterocycles. The quantitative estimate of drug-likeness (QED) is 0.320. The van der Waals surface area contributed by atoms with Crippen LogP contribution in [0, 0.1) is 5.92 Å². The minimum Gasteiger partial charge on any atom is -0.373 e. The lowest BCUT2D eigenvalue weighted by atomic mass is 9.90. The summed E-state index contributed by atoms with van der Waals surface area (Å²) in [5.74, 6) is 1.35. The third kappa shape index (κ3) is 5.31. The van der Waals surface area contributed by atoms with Crippen molar-refractivity contribution in [3.8, 4) is 0 Å². The fourth-order valence-electron chi connectivity index (χ4n) is 4.21. The first kappa shape index (κ1) is 22.6. The molecule has 0 spiro atoms. The fourth-order valence-corrected chi connectivity index (χ4v) is 4.21. The summed E-state index contributed by atoms with van der Waals surface area (Å²) in [6, 6.07) is 18.4. The molecule has 2 aromatic carbocycles. The number of nitrogens with zero attached hydrogens (tertiary/aromatic N) is 1. The maximum atomic E-state index is 12.0. The number of nitrogens with one attached hydrogen (secondary N) is 3. The van der Waals surface area contributed by atoms with Crippen LogP contribution in [0.15, 0.2) is 59.6 Å². The number of hydrogen-bond acceptors (Lipinski definition) is 3. The molecule has 2 heterocycles. The van der Waals surface area contributed by atoms with E-state index in [2.05, 4.69) is 51.3 Å². The number of benzene rings is 2. The summed E-state index contributed by atoms with van der Waals surface area (Å²) < 4.78 is 5.98. The number of halogens is 1. The van der Waals surface area contributed by atoms with Crippen LogP contribution in [0.5, 0.6) is 0 Å². The van der Waals surface area contributed by atoms with Crippen LogP contribution >= 0.6 is 24.0 Å². The lowest BCUT2D eigenvalue weighted by Crippen LogP contribution is -2.42. The van der Waals surface area contributed by atoms with E-state index in [1.807, 2.05) is 24.3 Å². The van der Waals surface area contributed by atoms with E-state index in [1.54, 1.807) is 7.05 Å². The molecule has 1 amide bonds. The van der Waals surface area contributed by atoms with E-state index in [-0.39, 0.29) is 41.9 Å².